The lowest BCUT2D eigenvalue weighted by atomic mass is 9.96. The maximum atomic E-state index is 12.5. The molecular formula is C35H31F3N6O4. The van der Waals surface area contributed by atoms with Crippen LogP contribution in [0.25, 0.3) is 40.0 Å². The van der Waals surface area contributed by atoms with Gasteiger partial charge in [-0.2, -0.15) is 13.2 Å². The number of rotatable bonds is 6. The third-order valence-electron chi connectivity index (χ3n) is 8.63. The van der Waals surface area contributed by atoms with E-state index in [0.29, 0.717) is 39.4 Å². The highest BCUT2D eigenvalue weighted by Crippen LogP contribution is 2.31. The average molecular weight is 657 g/mol. The van der Waals surface area contributed by atoms with Crippen LogP contribution in [-0.2, 0) is 19.1 Å². The van der Waals surface area contributed by atoms with E-state index in [9.17, 15) is 22.8 Å². The van der Waals surface area contributed by atoms with Crippen LogP contribution in [0.1, 0.15) is 24.2 Å². The molecule has 5 aromatic rings. The molecule has 0 saturated carbocycles. The third-order valence-corrected chi connectivity index (χ3v) is 8.63. The summed E-state index contributed by atoms with van der Waals surface area (Å²) in [5, 5.41) is 1.07. The Labute approximate surface area is 273 Å². The third kappa shape index (κ3) is 6.58. The van der Waals surface area contributed by atoms with Gasteiger partial charge >= 0.3 is 18.1 Å². The molecule has 2 aromatic carbocycles. The first-order chi connectivity index (χ1) is 23.2. The van der Waals surface area contributed by atoms with Crippen LogP contribution in [0.15, 0.2) is 73.1 Å². The van der Waals surface area contributed by atoms with Gasteiger partial charge in [0.25, 0.3) is 0 Å². The van der Waals surface area contributed by atoms with Crippen LogP contribution >= 0.6 is 0 Å². The van der Waals surface area contributed by atoms with Crippen molar-refractivity contribution >= 4 is 52.1 Å². The largest absolute Gasteiger partial charge is 0.491 e. The topological polar surface area (TPSA) is 102 Å². The van der Waals surface area contributed by atoms with Gasteiger partial charge in [0.05, 0.1) is 47.9 Å². The van der Waals surface area contributed by atoms with E-state index in [4.69, 9.17) is 19.7 Å². The van der Waals surface area contributed by atoms with Gasteiger partial charge in [-0.15, -0.1) is 0 Å². The second-order valence-corrected chi connectivity index (χ2v) is 11.7. The number of alkyl halides is 3. The van der Waals surface area contributed by atoms with Crippen LogP contribution in [0, 0.1) is 5.92 Å². The van der Waals surface area contributed by atoms with Crippen molar-refractivity contribution in [1.29, 1.82) is 0 Å². The fourth-order valence-corrected chi connectivity index (χ4v) is 6.07. The van der Waals surface area contributed by atoms with E-state index in [1.165, 1.54) is 0 Å². The number of hydrogen-bond acceptors (Lipinski definition) is 9. The Bertz CT molecular complexity index is 2000. The smallest absolute Gasteiger partial charge is 0.386 e. The van der Waals surface area contributed by atoms with Gasteiger partial charge < -0.3 is 19.3 Å². The molecule has 5 heterocycles. The normalized spacial score (nSPS) is 16.2. The molecule has 3 aromatic heterocycles. The van der Waals surface area contributed by atoms with Gasteiger partial charge in [-0.1, -0.05) is 36.4 Å². The predicted molar refractivity (Wildman–Crippen MR) is 174 cm³/mol. The van der Waals surface area contributed by atoms with Crippen molar-refractivity contribution in [2.24, 2.45) is 5.92 Å². The Hall–Kier alpha value is -5.30. The Kier molecular flexibility index (Phi) is 8.52. The van der Waals surface area contributed by atoms with E-state index in [1.807, 2.05) is 89.6 Å². The molecule has 2 saturated heterocycles. The van der Waals surface area contributed by atoms with Crippen LogP contribution in [0.3, 0.4) is 0 Å². The molecule has 0 N–H and O–H groups in total. The van der Waals surface area contributed by atoms with Crippen molar-refractivity contribution < 1.29 is 32.2 Å². The van der Waals surface area contributed by atoms with E-state index in [0.717, 1.165) is 50.7 Å². The highest BCUT2D eigenvalue weighted by atomic mass is 19.4. The molecule has 0 amide bonds. The van der Waals surface area contributed by atoms with E-state index in [-0.39, 0.29) is 12.8 Å². The number of benzene rings is 2. The summed E-state index contributed by atoms with van der Waals surface area (Å²) in [7, 11) is 0. The van der Waals surface area contributed by atoms with Crippen molar-refractivity contribution in [2.45, 2.75) is 19.0 Å². The zero-order valence-electron chi connectivity index (χ0n) is 25.8. The summed E-state index contributed by atoms with van der Waals surface area (Å²) in [6, 6.07) is 19.9. The quantitative estimate of drug-likeness (QED) is 0.166. The van der Waals surface area contributed by atoms with E-state index >= 15 is 0 Å². The van der Waals surface area contributed by atoms with Crippen LogP contribution < -0.4 is 9.80 Å². The number of para-hydroxylation sites is 1. The highest BCUT2D eigenvalue weighted by Gasteiger charge is 2.43. The lowest BCUT2D eigenvalue weighted by Crippen LogP contribution is -2.38. The van der Waals surface area contributed by atoms with Gasteiger partial charge in [0.1, 0.15) is 0 Å². The molecule has 0 spiro atoms. The number of hydrogen-bond donors (Lipinski definition) is 0. The standard InChI is InChI=1S/C35H31F3N6O4/c36-35(37,38)34(46)48-33(45)25-13-15-42(16-14-25)28-11-6-24(7-12-28)30-21-39-31(43-17-19-47-20-18-43)32-41-27(22-44(30)32)10-9-26-8-5-23-3-1-2-4-29(23)40-26/h1-12,21-22,25H,13-20H2/b10-9+. The number of anilines is 2. The Morgan fingerprint density at radius 2 is 1.58 bits per heavy atom. The summed E-state index contributed by atoms with van der Waals surface area (Å²) < 4.78 is 49.1. The SMILES string of the molecule is O=C(OC(=O)C(F)(F)F)C1CCN(c2ccc(-c3cnc(N4CCOCC4)c4nc(/C=C/c5ccc6ccccc6n5)cn34)cc2)CC1. The van der Waals surface area contributed by atoms with Gasteiger partial charge in [0.2, 0.25) is 0 Å². The molecule has 0 unspecified atom stereocenters. The summed E-state index contributed by atoms with van der Waals surface area (Å²) in [5.74, 6) is -3.60. The average Bonchev–Trinajstić information content (AvgIpc) is 3.55. The Morgan fingerprint density at radius 1 is 0.854 bits per heavy atom. The van der Waals surface area contributed by atoms with Crippen LogP contribution in [0.2, 0.25) is 0 Å². The number of carbonyl (C=O) groups excluding carboxylic acids is 2. The summed E-state index contributed by atoms with van der Waals surface area (Å²) in [4.78, 5) is 42.0. The highest BCUT2D eigenvalue weighted by molar-refractivity contribution is 5.89. The lowest BCUT2D eigenvalue weighted by molar-refractivity contribution is -0.203. The minimum absolute atomic E-state index is 0.277. The van der Waals surface area contributed by atoms with Crippen LogP contribution in [0.4, 0.5) is 24.7 Å². The minimum Gasteiger partial charge on any atom is -0.386 e. The molecule has 2 fully saturated rings. The number of imidazole rings is 1. The first-order valence-electron chi connectivity index (χ1n) is 15.7. The maximum absolute atomic E-state index is 12.5. The second-order valence-electron chi connectivity index (χ2n) is 11.7. The predicted octanol–water partition coefficient (Wildman–Crippen LogP) is 5.80. The molecule has 2 aliphatic rings. The minimum atomic E-state index is -5.20. The van der Waals surface area contributed by atoms with Gasteiger partial charge in [-0.3, -0.25) is 9.20 Å². The zero-order chi connectivity index (χ0) is 33.3. The number of fused-ring (bicyclic) bond motifs is 2. The van der Waals surface area contributed by atoms with E-state index < -0.39 is 24.0 Å². The first-order valence-corrected chi connectivity index (χ1v) is 15.7. The Morgan fingerprint density at radius 3 is 2.33 bits per heavy atom. The molecule has 0 atom stereocenters. The molecule has 0 radical (unpaired) electrons. The molecule has 13 heteroatoms. The zero-order valence-corrected chi connectivity index (χ0v) is 25.8. The number of aromatic nitrogens is 4. The maximum Gasteiger partial charge on any atom is 0.491 e. The van der Waals surface area contributed by atoms with E-state index in [2.05, 4.69) is 14.5 Å². The number of pyridine rings is 1. The second kappa shape index (κ2) is 13.1. The van der Waals surface area contributed by atoms with E-state index in [1.54, 1.807) is 0 Å². The molecule has 0 bridgehead atoms. The summed E-state index contributed by atoms with van der Waals surface area (Å²) >= 11 is 0. The molecule has 0 aliphatic carbocycles. The van der Waals surface area contributed by atoms with Crippen molar-refractivity contribution in [3.05, 3.63) is 84.4 Å². The fraction of sp³-hybridized carbons (Fsp3) is 0.286. The monoisotopic (exact) mass is 656 g/mol. The number of morpholine rings is 1. The van der Waals surface area contributed by atoms with Gasteiger partial charge in [0.15, 0.2) is 11.5 Å². The number of ether oxygens (including phenoxy) is 2. The molecule has 246 valence electrons. The number of halogens is 3. The summed E-state index contributed by atoms with van der Waals surface area (Å²) in [6.07, 6.45) is 3.06. The number of esters is 2. The van der Waals surface area contributed by atoms with Gasteiger partial charge in [-0.05, 0) is 49.3 Å². The molecular weight excluding hydrogens is 625 g/mol. The van der Waals surface area contributed by atoms with Gasteiger partial charge in [-0.25, -0.2) is 19.7 Å². The van der Waals surface area contributed by atoms with Crippen molar-refractivity contribution in [2.75, 3.05) is 49.2 Å². The molecule has 48 heavy (non-hydrogen) atoms. The van der Waals surface area contributed by atoms with Crippen molar-refractivity contribution in [1.82, 2.24) is 19.4 Å². The Balaban J connectivity index is 1.12. The van der Waals surface area contributed by atoms with Crippen molar-refractivity contribution in [3.8, 4) is 11.3 Å². The lowest BCUT2D eigenvalue weighted by Gasteiger charge is -2.32. The number of nitrogens with zero attached hydrogens (tertiary/aromatic N) is 6. The fourth-order valence-electron chi connectivity index (χ4n) is 6.07. The summed E-state index contributed by atoms with van der Waals surface area (Å²) in [5.41, 5.74) is 5.89. The van der Waals surface area contributed by atoms with Crippen molar-refractivity contribution in [3.63, 3.8) is 0 Å². The summed E-state index contributed by atoms with van der Waals surface area (Å²) in [6.45, 7) is 3.52. The number of piperidine rings is 1. The molecule has 7 rings (SSSR count). The number of carbonyl (C=O) groups is 2. The molecule has 10 nitrogen and oxygen atoms in total. The van der Waals surface area contributed by atoms with Crippen LogP contribution in [0.5, 0.6) is 0 Å². The van der Waals surface area contributed by atoms with Gasteiger partial charge in [0, 0.05) is 49.0 Å². The van der Waals surface area contributed by atoms with Crippen LogP contribution in [-0.4, -0.2) is 76.9 Å². The first kappa shape index (κ1) is 31.3. The molecule has 2 aliphatic heterocycles.